The highest BCUT2D eigenvalue weighted by molar-refractivity contribution is 5.57. The van der Waals surface area contributed by atoms with E-state index in [1.165, 1.54) is 17.6 Å². The second-order valence-electron chi connectivity index (χ2n) is 4.97. The number of rotatable bonds is 8. The van der Waals surface area contributed by atoms with Crippen molar-refractivity contribution >= 4 is 6.21 Å². The van der Waals surface area contributed by atoms with Gasteiger partial charge in [-0.3, -0.25) is 4.99 Å². The van der Waals surface area contributed by atoms with Crippen LogP contribution in [0.2, 0.25) is 0 Å². The fourth-order valence-electron chi connectivity index (χ4n) is 1.68. The average molecular weight is 247 g/mol. The van der Waals surface area contributed by atoms with Crippen molar-refractivity contribution in [3.05, 3.63) is 35.5 Å². The van der Waals surface area contributed by atoms with Gasteiger partial charge >= 0.3 is 0 Å². The van der Waals surface area contributed by atoms with Crippen LogP contribution in [0.25, 0.3) is 0 Å². The molecule has 1 heteroatoms. The summed E-state index contributed by atoms with van der Waals surface area (Å²) < 4.78 is 0. The van der Waals surface area contributed by atoms with Gasteiger partial charge in [-0.2, -0.15) is 0 Å². The molecule has 0 aromatic carbocycles. The molecule has 0 N–H and O–H groups in total. The predicted molar refractivity (Wildman–Crippen MR) is 84.4 cm³/mol. The van der Waals surface area contributed by atoms with Crippen LogP contribution in [-0.4, -0.2) is 12.3 Å². The number of hydrogen-bond acceptors (Lipinski definition) is 1. The third-order valence-corrected chi connectivity index (χ3v) is 2.54. The van der Waals surface area contributed by atoms with Gasteiger partial charge in [0.25, 0.3) is 0 Å². The highest BCUT2D eigenvalue weighted by Gasteiger charge is 1.94. The van der Waals surface area contributed by atoms with E-state index in [2.05, 4.69) is 70.1 Å². The van der Waals surface area contributed by atoms with Crippen LogP contribution in [0.4, 0.5) is 0 Å². The normalized spacial score (nSPS) is 14.3. The molecule has 0 aliphatic heterocycles. The van der Waals surface area contributed by atoms with Crippen molar-refractivity contribution in [2.75, 3.05) is 0 Å². The molecule has 0 rings (SSSR count). The lowest BCUT2D eigenvalue weighted by molar-refractivity contribution is 0.833. The second-order valence-corrected chi connectivity index (χ2v) is 4.97. The monoisotopic (exact) mass is 247 g/mol. The minimum absolute atomic E-state index is 0.416. The molecule has 0 bridgehead atoms. The van der Waals surface area contributed by atoms with Crippen molar-refractivity contribution in [3.63, 3.8) is 0 Å². The molecule has 0 atom stereocenters. The van der Waals surface area contributed by atoms with Gasteiger partial charge in [0.2, 0.25) is 0 Å². The van der Waals surface area contributed by atoms with Crippen LogP contribution in [0.15, 0.2) is 40.4 Å². The maximum atomic E-state index is 4.38. The number of aliphatic imine (C=N–C) groups is 1. The molecule has 102 valence electrons. The summed E-state index contributed by atoms with van der Waals surface area (Å²) in [6.45, 7) is 10.7. The Morgan fingerprint density at radius 1 is 1.22 bits per heavy atom. The van der Waals surface area contributed by atoms with E-state index >= 15 is 0 Å². The van der Waals surface area contributed by atoms with Gasteiger partial charge in [-0.25, -0.2) is 0 Å². The van der Waals surface area contributed by atoms with Gasteiger partial charge < -0.3 is 0 Å². The summed E-state index contributed by atoms with van der Waals surface area (Å²) in [4.78, 5) is 4.38. The lowest BCUT2D eigenvalue weighted by atomic mass is 10.0. The van der Waals surface area contributed by atoms with E-state index in [0.717, 1.165) is 19.3 Å². The molecule has 0 aliphatic carbocycles. The molecule has 0 fully saturated rings. The minimum atomic E-state index is 0.416. The summed E-state index contributed by atoms with van der Waals surface area (Å²) in [5.41, 5.74) is 2.86. The summed E-state index contributed by atoms with van der Waals surface area (Å²) in [6, 6.07) is 0.416. The summed E-state index contributed by atoms with van der Waals surface area (Å²) in [6.07, 6.45) is 15.3. The molecule has 0 heterocycles. The first-order chi connectivity index (χ1) is 8.60. The molecule has 0 radical (unpaired) electrons. The third-order valence-electron chi connectivity index (χ3n) is 2.54. The summed E-state index contributed by atoms with van der Waals surface area (Å²) >= 11 is 0. The number of nitrogens with zero attached hydrogens (tertiary/aromatic N) is 1. The molecule has 18 heavy (non-hydrogen) atoms. The molecule has 0 spiro atoms. The first-order valence-corrected chi connectivity index (χ1v) is 7.10. The van der Waals surface area contributed by atoms with Gasteiger partial charge in [0.15, 0.2) is 0 Å². The Balaban J connectivity index is 4.34. The van der Waals surface area contributed by atoms with Crippen LogP contribution in [0.1, 0.15) is 60.3 Å². The molecule has 0 unspecified atom stereocenters. The van der Waals surface area contributed by atoms with E-state index in [1.54, 1.807) is 0 Å². The number of hydrogen-bond donors (Lipinski definition) is 0. The van der Waals surface area contributed by atoms with E-state index in [-0.39, 0.29) is 0 Å². The highest BCUT2D eigenvalue weighted by atomic mass is 14.7. The first kappa shape index (κ1) is 16.9. The fraction of sp³-hybridized carbons (Fsp3) is 0.588. The van der Waals surface area contributed by atoms with Gasteiger partial charge in [0.1, 0.15) is 0 Å². The van der Waals surface area contributed by atoms with Crippen molar-refractivity contribution < 1.29 is 0 Å². The van der Waals surface area contributed by atoms with Crippen LogP contribution in [-0.2, 0) is 0 Å². The minimum Gasteiger partial charge on any atom is -0.295 e. The Bertz CT molecular complexity index is 317. The van der Waals surface area contributed by atoms with E-state index in [1.807, 2.05) is 0 Å². The van der Waals surface area contributed by atoms with Crippen molar-refractivity contribution in [1.29, 1.82) is 0 Å². The van der Waals surface area contributed by atoms with Gasteiger partial charge in [0, 0.05) is 6.04 Å². The molecule has 0 amide bonds. The van der Waals surface area contributed by atoms with Gasteiger partial charge in [-0.1, -0.05) is 43.2 Å². The quantitative estimate of drug-likeness (QED) is 0.397. The van der Waals surface area contributed by atoms with Crippen LogP contribution >= 0.6 is 0 Å². The van der Waals surface area contributed by atoms with Crippen molar-refractivity contribution in [3.8, 4) is 0 Å². The topological polar surface area (TPSA) is 12.4 Å². The lowest BCUT2D eigenvalue weighted by Gasteiger charge is -2.03. The lowest BCUT2D eigenvalue weighted by Crippen LogP contribution is -1.89. The third kappa shape index (κ3) is 10.1. The molecule has 0 aromatic heterocycles. The second kappa shape index (κ2) is 11.0. The Kier molecular flexibility index (Phi) is 10.3. The van der Waals surface area contributed by atoms with E-state index in [4.69, 9.17) is 0 Å². The Hall–Kier alpha value is -1.11. The molecule has 0 aliphatic rings. The Morgan fingerprint density at radius 2 is 1.94 bits per heavy atom. The van der Waals surface area contributed by atoms with E-state index in [9.17, 15) is 0 Å². The zero-order valence-corrected chi connectivity index (χ0v) is 12.7. The van der Waals surface area contributed by atoms with Gasteiger partial charge in [0.05, 0.1) is 0 Å². The first-order valence-electron chi connectivity index (χ1n) is 7.10. The average Bonchev–Trinajstić information content (AvgIpc) is 2.31. The van der Waals surface area contributed by atoms with Crippen LogP contribution in [0.3, 0.4) is 0 Å². The van der Waals surface area contributed by atoms with E-state index < -0.39 is 0 Å². The number of allylic oxidation sites excluding steroid dienone is 6. The van der Waals surface area contributed by atoms with Crippen molar-refractivity contribution in [2.45, 2.75) is 66.3 Å². The Labute approximate surface area is 113 Å². The maximum absolute atomic E-state index is 4.38. The molecule has 0 aromatic rings. The molecular formula is C17H29N. The van der Waals surface area contributed by atoms with Gasteiger partial charge in [-0.15, -0.1) is 0 Å². The SMILES string of the molecule is C\C=C/C=C(\C=C(/C)CCC=NC(C)C)CCC. The summed E-state index contributed by atoms with van der Waals surface area (Å²) in [5.74, 6) is 0. The maximum Gasteiger partial charge on any atom is 0.0439 e. The molecule has 1 nitrogen and oxygen atoms in total. The fourth-order valence-corrected chi connectivity index (χ4v) is 1.68. The van der Waals surface area contributed by atoms with Crippen LogP contribution < -0.4 is 0 Å². The van der Waals surface area contributed by atoms with Gasteiger partial charge in [-0.05, 0) is 58.7 Å². The van der Waals surface area contributed by atoms with Crippen molar-refractivity contribution in [2.24, 2.45) is 4.99 Å². The molecular weight excluding hydrogens is 218 g/mol. The standard InChI is InChI=1S/C17H29N/c1-6-8-12-17(10-7-2)14-16(5)11-9-13-18-15(3)4/h6,8,12-15H,7,9-11H2,1-5H3/b8-6-,16-14+,17-12-,18-13?. The Morgan fingerprint density at radius 3 is 2.50 bits per heavy atom. The van der Waals surface area contributed by atoms with Crippen LogP contribution in [0.5, 0.6) is 0 Å². The summed E-state index contributed by atoms with van der Waals surface area (Å²) in [7, 11) is 0. The van der Waals surface area contributed by atoms with Crippen LogP contribution in [0, 0.1) is 0 Å². The smallest absolute Gasteiger partial charge is 0.0439 e. The predicted octanol–water partition coefficient (Wildman–Crippen LogP) is 5.49. The van der Waals surface area contributed by atoms with E-state index in [0.29, 0.717) is 6.04 Å². The molecule has 0 saturated carbocycles. The zero-order valence-electron chi connectivity index (χ0n) is 12.7. The largest absolute Gasteiger partial charge is 0.295 e. The molecule has 0 saturated heterocycles. The zero-order chi connectivity index (χ0) is 13.8. The van der Waals surface area contributed by atoms with Crippen molar-refractivity contribution in [1.82, 2.24) is 0 Å². The summed E-state index contributed by atoms with van der Waals surface area (Å²) in [5, 5.41) is 0. The highest BCUT2D eigenvalue weighted by Crippen LogP contribution is 2.13.